The Morgan fingerprint density at radius 1 is 0.686 bits per heavy atom. The zero-order chi connectivity index (χ0) is 26.1. The number of hydrogen-bond acceptors (Lipinski definition) is 12. The molecule has 0 saturated carbocycles. The van der Waals surface area contributed by atoms with E-state index in [2.05, 4.69) is 16.0 Å². The Labute approximate surface area is 208 Å². The minimum absolute atomic E-state index is 0.0874. The van der Waals surface area contributed by atoms with Gasteiger partial charge in [0, 0.05) is 71.7 Å². The Morgan fingerprint density at radius 3 is 1.49 bits per heavy atom. The SMILES string of the molecule is NCC(O)CNCCCN1CN(C(=O)CCNCC(O)CN)CN(C(=O)CCNCC(O)CN)C1. The second-order valence-electron chi connectivity index (χ2n) is 8.82. The van der Waals surface area contributed by atoms with Crippen molar-refractivity contribution >= 4 is 11.8 Å². The Kier molecular flexibility index (Phi) is 16.9. The van der Waals surface area contributed by atoms with Crippen LogP contribution in [0.15, 0.2) is 0 Å². The van der Waals surface area contributed by atoms with E-state index < -0.39 is 18.3 Å². The van der Waals surface area contributed by atoms with Crippen molar-refractivity contribution in [3.05, 3.63) is 0 Å². The third-order valence-corrected chi connectivity index (χ3v) is 5.60. The van der Waals surface area contributed by atoms with Crippen LogP contribution in [0.5, 0.6) is 0 Å². The molecule has 2 amide bonds. The topological polar surface area (TPSA) is 219 Å². The first-order chi connectivity index (χ1) is 16.8. The number of carbonyl (C=O) groups is 2. The number of aliphatic hydroxyl groups is 3. The summed E-state index contributed by atoms with van der Waals surface area (Å²) in [6.07, 6.45) is -0.622. The number of rotatable bonds is 19. The van der Waals surface area contributed by atoms with E-state index in [1.165, 1.54) is 0 Å². The second kappa shape index (κ2) is 18.8. The molecule has 12 N–H and O–H groups in total. The van der Waals surface area contributed by atoms with Gasteiger partial charge in [-0.3, -0.25) is 14.5 Å². The highest BCUT2D eigenvalue weighted by Crippen LogP contribution is 2.11. The van der Waals surface area contributed by atoms with Crippen molar-refractivity contribution in [2.45, 2.75) is 37.6 Å². The molecule has 14 heteroatoms. The average Bonchev–Trinajstić information content (AvgIpc) is 2.87. The fraction of sp³-hybridized carbons (Fsp3) is 0.905. The number of nitrogens with one attached hydrogen (secondary N) is 3. The van der Waals surface area contributed by atoms with E-state index in [1.54, 1.807) is 9.80 Å². The molecular formula is C21H47N9O5. The van der Waals surface area contributed by atoms with E-state index in [0.717, 1.165) is 6.42 Å². The van der Waals surface area contributed by atoms with Gasteiger partial charge in [0.1, 0.15) is 0 Å². The molecule has 1 aliphatic heterocycles. The lowest BCUT2D eigenvalue weighted by Gasteiger charge is -2.42. The molecule has 3 atom stereocenters. The molecule has 0 aromatic rings. The molecule has 0 aromatic carbocycles. The van der Waals surface area contributed by atoms with Crippen molar-refractivity contribution in [3.8, 4) is 0 Å². The monoisotopic (exact) mass is 505 g/mol. The summed E-state index contributed by atoms with van der Waals surface area (Å²) in [4.78, 5) is 31.0. The molecule has 35 heavy (non-hydrogen) atoms. The Morgan fingerprint density at radius 2 is 1.09 bits per heavy atom. The number of carbonyl (C=O) groups excluding carboxylic acids is 2. The van der Waals surface area contributed by atoms with E-state index >= 15 is 0 Å². The molecule has 1 rings (SSSR count). The zero-order valence-electron chi connectivity index (χ0n) is 20.8. The number of nitrogens with zero attached hydrogens (tertiary/aromatic N) is 3. The molecule has 0 aromatic heterocycles. The van der Waals surface area contributed by atoms with Crippen molar-refractivity contribution < 1.29 is 24.9 Å². The Balaban J connectivity index is 2.57. The van der Waals surface area contributed by atoms with Gasteiger partial charge in [0.05, 0.1) is 38.3 Å². The van der Waals surface area contributed by atoms with Gasteiger partial charge in [0.25, 0.3) is 0 Å². The quantitative estimate of drug-likeness (QED) is 0.0752. The first-order valence-electron chi connectivity index (χ1n) is 12.3. The summed E-state index contributed by atoms with van der Waals surface area (Å²) < 4.78 is 0. The van der Waals surface area contributed by atoms with E-state index in [0.29, 0.717) is 59.2 Å². The smallest absolute Gasteiger partial charge is 0.226 e. The van der Waals surface area contributed by atoms with Crippen molar-refractivity contribution in [1.29, 1.82) is 0 Å². The summed E-state index contributed by atoms with van der Waals surface area (Å²) in [5.74, 6) is -0.175. The molecule has 206 valence electrons. The molecule has 3 unspecified atom stereocenters. The number of nitrogens with two attached hydrogens (primary N) is 3. The summed E-state index contributed by atoms with van der Waals surface area (Å²) in [5.41, 5.74) is 16.2. The summed E-state index contributed by atoms with van der Waals surface area (Å²) in [7, 11) is 0. The first-order valence-corrected chi connectivity index (χ1v) is 12.3. The van der Waals surface area contributed by atoms with Crippen LogP contribution in [0, 0.1) is 0 Å². The van der Waals surface area contributed by atoms with Crippen molar-refractivity contribution in [1.82, 2.24) is 30.7 Å². The highest BCUT2D eigenvalue weighted by molar-refractivity contribution is 5.79. The Hall–Kier alpha value is -1.46. The van der Waals surface area contributed by atoms with Crippen LogP contribution in [-0.2, 0) is 9.59 Å². The number of hydrogen-bond donors (Lipinski definition) is 9. The lowest BCUT2D eigenvalue weighted by Crippen LogP contribution is -2.58. The maximum atomic E-state index is 12.8. The maximum absolute atomic E-state index is 12.8. The molecule has 0 radical (unpaired) electrons. The number of amides is 2. The fourth-order valence-corrected chi connectivity index (χ4v) is 3.47. The fourth-order valence-electron chi connectivity index (χ4n) is 3.47. The summed E-state index contributed by atoms with van der Waals surface area (Å²) in [6, 6.07) is 0. The van der Waals surface area contributed by atoms with Crippen LogP contribution in [0.4, 0.5) is 0 Å². The van der Waals surface area contributed by atoms with Gasteiger partial charge in [-0.25, -0.2) is 0 Å². The van der Waals surface area contributed by atoms with Crippen molar-refractivity contribution in [2.24, 2.45) is 17.2 Å². The average molecular weight is 506 g/mol. The third-order valence-electron chi connectivity index (χ3n) is 5.60. The van der Waals surface area contributed by atoms with Gasteiger partial charge in [-0.2, -0.15) is 0 Å². The van der Waals surface area contributed by atoms with Gasteiger partial charge in [-0.1, -0.05) is 0 Å². The van der Waals surface area contributed by atoms with Crippen molar-refractivity contribution in [3.63, 3.8) is 0 Å². The van der Waals surface area contributed by atoms with Gasteiger partial charge in [-0.15, -0.1) is 0 Å². The molecule has 14 nitrogen and oxygen atoms in total. The molecule has 1 aliphatic rings. The van der Waals surface area contributed by atoms with Gasteiger partial charge in [0.2, 0.25) is 11.8 Å². The molecular weight excluding hydrogens is 458 g/mol. The standard InChI is InChI=1S/C21H47N9O5/c22-8-17(31)11-25-4-1-7-28-14-29(20(34)2-5-26-12-18(32)9-23)16-30(15-28)21(35)3-6-27-13-19(33)10-24/h17-19,25-27,31-33H,1-16,22-24H2. The summed E-state index contributed by atoms with van der Waals surface area (Å²) in [5, 5.41) is 37.7. The second-order valence-corrected chi connectivity index (χ2v) is 8.82. The molecule has 1 fully saturated rings. The highest BCUT2D eigenvalue weighted by atomic mass is 16.3. The lowest BCUT2D eigenvalue weighted by atomic mass is 10.3. The number of aliphatic hydroxyl groups excluding tert-OH is 3. The van der Waals surface area contributed by atoms with Crippen LogP contribution in [0.3, 0.4) is 0 Å². The lowest BCUT2D eigenvalue weighted by molar-refractivity contribution is -0.152. The van der Waals surface area contributed by atoms with E-state index in [1.807, 2.05) is 4.90 Å². The predicted molar refractivity (Wildman–Crippen MR) is 133 cm³/mol. The Bertz CT molecular complexity index is 551. The van der Waals surface area contributed by atoms with E-state index in [9.17, 15) is 24.9 Å². The van der Waals surface area contributed by atoms with Crippen LogP contribution in [0.1, 0.15) is 19.3 Å². The van der Waals surface area contributed by atoms with Crippen LogP contribution < -0.4 is 33.2 Å². The van der Waals surface area contributed by atoms with Crippen LogP contribution in [0.25, 0.3) is 0 Å². The maximum Gasteiger partial charge on any atom is 0.226 e. The van der Waals surface area contributed by atoms with Gasteiger partial charge in [0.15, 0.2) is 0 Å². The minimum Gasteiger partial charge on any atom is -0.390 e. The van der Waals surface area contributed by atoms with E-state index in [-0.39, 0.29) is 51.0 Å². The largest absolute Gasteiger partial charge is 0.390 e. The minimum atomic E-state index is -0.650. The molecule has 1 saturated heterocycles. The van der Waals surface area contributed by atoms with Gasteiger partial charge >= 0.3 is 0 Å². The molecule has 0 aliphatic carbocycles. The van der Waals surface area contributed by atoms with Gasteiger partial charge < -0.3 is 58.3 Å². The molecule has 1 heterocycles. The first kappa shape index (κ1) is 31.6. The highest BCUT2D eigenvalue weighted by Gasteiger charge is 2.28. The van der Waals surface area contributed by atoms with Crippen molar-refractivity contribution in [2.75, 3.05) is 85.5 Å². The molecule has 0 bridgehead atoms. The van der Waals surface area contributed by atoms with E-state index in [4.69, 9.17) is 17.2 Å². The van der Waals surface area contributed by atoms with Crippen LogP contribution in [-0.4, -0.2) is 146 Å². The van der Waals surface area contributed by atoms with Gasteiger partial charge in [-0.05, 0) is 13.0 Å². The van der Waals surface area contributed by atoms with Crippen LogP contribution in [0.2, 0.25) is 0 Å². The summed E-state index contributed by atoms with van der Waals surface area (Å²) in [6.45, 7) is 4.76. The summed E-state index contributed by atoms with van der Waals surface area (Å²) >= 11 is 0. The van der Waals surface area contributed by atoms with Crippen LogP contribution >= 0.6 is 0 Å². The zero-order valence-corrected chi connectivity index (χ0v) is 20.8. The molecule has 0 spiro atoms. The normalized spacial score (nSPS) is 17.4. The predicted octanol–water partition coefficient (Wildman–Crippen LogP) is -5.27. The third kappa shape index (κ3) is 14.0.